The van der Waals surface area contributed by atoms with Gasteiger partial charge in [-0.2, -0.15) is 5.10 Å². The van der Waals surface area contributed by atoms with E-state index in [4.69, 9.17) is 0 Å². The zero-order chi connectivity index (χ0) is 20.8. The highest BCUT2D eigenvalue weighted by molar-refractivity contribution is 7.91. The number of carbonyl (C=O) groups excluding carboxylic acids is 2. The zero-order valence-corrected chi connectivity index (χ0v) is 17.0. The molecule has 11 heteroatoms. The lowest BCUT2D eigenvalue weighted by molar-refractivity contribution is -0.137. The monoisotopic (exact) mass is 436 g/mol. The van der Waals surface area contributed by atoms with Crippen LogP contribution in [-0.2, 0) is 19.4 Å². The summed E-state index contributed by atoms with van der Waals surface area (Å²) in [7, 11) is -3.19. The van der Waals surface area contributed by atoms with E-state index in [0.29, 0.717) is 23.4 Å². The number of sulfone groups is 1. The van der Waals surface area contributed by atoms with Crippen molar-refractivity contribution in [2.75, 3.05) is 16.8 Å². The minimum atomic E-state index is -3.19. The third-order valence-electron chi connectivity index (χ3n) is 4.83. The number of rotatable bonds is 4. The van der Waals surface area contributed by atoms with Crippen LogP contribution in [0.25, 0.3) is 11.3 Å². The van der Waals surface area contributed by atoms with Crippen LogP contribution >= 0.6 is 11.3 Å². The van der Waals surface area contributed by atoms with Gasteiger partial charge in [0.05, 0.1) is 29.0 Å². The van der Waals surface area contributed by atoms with Gasteiger partial charge in [0.1, 0.15) is 5.82 Å². The molecule has 1 aromatic carbocycles. The Morgan fingerprint density at radius 1 is 1.38 bits per heavy atom. The molecule has 3 heterocycles. The quantitative estimate of drug-likeness (QED) is 0.737. The topological polar surface area (TPSA) is 109 Å². The van der Waals surface area contributed by atoms with Gasteiger partial charge in [-0.05, 0) is 25.5 Å². The average Bonchev–Trinajstić information content (AvgIpc) is 3.32. The van der Waals surface area contributed by atoms with Crippen molar-refractivity contribution in [2.45, 2.75) is 19.4 Å². The van der Waals surface area contributed by atoms with Crippen molar-refractivity contribution in [1.29, 1.82) is 0 Å². The molecule has 1 aromatic heterocycles. The first-order valence-corrected chi connectivity index (χ1v) is 11.5. The second kappa shape index (κ2) is 7.30. The molecular formula is C18H17FN4O4S2. The van der Waals surface area contributed by atoms with Crippen LogP contribution in [0.2, 0.25) is 0 Å². The fourth-order valence-electron chi connectivity index (χ4n) is 3.41. The summed E-state index contributed by atoms with van der Waals surface area (Å²) in [5.74, 6) is -2.77. The summed E-state index contributed by atoms with van der Waals surface area (Å²) in [6.07, 6.45) is 0.308. The fourth-order valence-corrected chi connectivity index (χ4v) is 5.82. The summed E-state index contributed by atoms with van der Waals surface area (Å²) in [5.41, 5.74) is 1.38. The maximum atomic E-state index is 13.4. The Labute approximate surface area is 170 Å². The molecule has 0 unspecified atom stereocenters. The summed E-state index contributed by atoms with van der Waals surface area (Å²) < 4.78 is 36.8. The molecule has 1 fully saturated rings. The first-order valence-electron chi connectivity index (χ1n) is 8.84. The van der Waals surface area contributed by atoms with E-state index in [2.05, 4.69) is 15.4 Å². The van der Waals surface area contributed by atoms with Crippen LogP contribution in [0.1, 0.15) is 13.3 Å². The zero-order valence-electron chi connectivity index (χ0n) is 15.3. The van der Waals surface area contributed by atoms with Gasteiger partial charge in [0.2, 0.25) is 5.91 Å². The van der Waals surface area contributed by atoms with Crippen LogP contribution in [0.5, 0.6) is 0 Å². The molecule has 4 rings (SSSR count). The van der Waals surface area contributed by atoms with Crippen molar-refractivity contribution >= 4 is 43.8 Å². The van der Waals surface area contributed by atoms with Gasteiger partial charge in [0.15, 0.2) is 20.9 Å². The first-order chi connectivity index (χ1) is 13.7. The van der Waals surface area contributed by atoms with E-state index in [9.17, 15) is 22.4 Å². The highest BCUT2D eigenvalue weighted by Gasteiger charge is 2.45. The number of carbonyl (C=O) groups is 2. The highest BCUT2D eigenvalue weighted by Crippen LogP contribution is 2.28. The number of hydrogen-bond acceptors (Lipinski definition) is 7. The van der Waals surface area contributed by atoms with Gasteiger partial charge in [-0.1, -0.05) is 12.1 Å². The SMILES string of the molecule is CC1=NN([C@H]2CCS(=O)(=O)C2)C(=O)[C@@H]1C(=O)Nc1nc(-c2cccc(F)c2)cs1. The van der Waals surface area contributed by atoms with Crippen molar-refractivity contribution in [1.82, 2.24) is 9.99 Å². The Kier molecular flexibility index (Phi) is 4.95. The Balaban J connectivity index is 1.47. The van der Waals surface area contributed by atoms with E-state index in [1.807, 2.05) is 0 Å². The van der Waals surface area contributed by atoms with Crippen molar-refractivity contribution in [3.8, 4) is 11.3 Å². The lowest BCUT2D eigenvalue weighted by Gasteiger charge is -2.19. The molecule has 2 amide bonds. The first kappa shape index (κ1) is 19.6. The van der Waals surface area contributed by atoms with Crippen molar-refractivity contribution in [3.63, 3.8) is 0 Å². The summed E-state index contributed by atoms with van der Waals surface area (Å²) in [4.78, 5) is 29.7. The smallest absolute Gasteiger partial charge is 0.261 e. The van der Waals surface area contributed by atoms with Gasteiger partial charge in [0.25, 0.3) is 5.91 Å². The fraction of sp³-hybridized carbons (Fsp3) is 0.333. The lowest BCUT2D eigenvalue weighted by atomic mass is 10.0. The van der Waals surface area contributed by atoms with E-state index >= 15 is 0 Å². The lowest BCUT2D eigenvalue weighted by Crippen LogP contribution is -2.40. The van der Waals surface area contributed by atoms with Crippen LogP contribution in [0.3, 0.4) is 0 Å². The number of amides is 2. The number of hydrazone groups is 1. The van der Waals surface area contributed by atoms with Gasteiger partial charge in [-0.15, -0.1) is 11.3 Å². The molecule has 1 saturated heterocycles. The summed E-state index contributed by atoms with van der Waals surface area (Å²) in [6, 6.07) is 5.39. The predicted molar refractivity (Wildman–Crippen MR) is 107 cm³/mol. The number of aromatic nitrogens is 1. The summed E-state index contributed by atoms with van der Waals surface area (Å²) in [5, 5.41) is 9.83. The van der Waals surface area contributed by atoms with Gasteiger partial charge < -0.3 is 5.32 Å². The molecule has 0 saturated carbocycles. The van der Waals surface area contributed by atoms with Crippen LogP contribution in [0, 0.1) is 11.7 Å². The van der Waals surface area contributed by atoms with Gasteiger partial charge >= 0.3 is 0 Å². The molecule has 152 valence electrons. The molecule has 2 aliphatic heterocycles. The molecule has 2 atom stereocenters. The number of halogens is 1. The van der Waals surface area contributed by atoms with Gasteiger partial charge in [0, 0.05) is 10.9 Å². The normalized spacial score (nSPS) is 23.3. The molecule has 2 aromatic rings. The molecule has 29 heavy (non-hydrogen) atoms. The van der Waals surface area contributed by atoms with E-state index in [1.165, 1.54) is 12.1 Å². The van der Waals surface area contributed by atoms with Crippen molar-refractivity contribution < 1.29 is 22.4 Å². The van der Waals surface area contributed by atoms with E-state index in [0.717, 1.165) is 16.3 Å². The van der Waals surface area contributed by atoms with Crippen molar-refractivity contribution in [3.05, 3.63) is 35.5 Å². The van der Waals surface area contributed by atoms with Gasteiger partial charge in [-0.3, -0.25) is 9.59 Å². The molecule has 0 aliphatic carbocycles. The number of anilines is 1. The predicted octanol–water partition coefficient (Wildman–Crippen LogP) is 1.91. The third kappa shape index (κ3) is 3.92. The van der Waals surface area contributed by atoms with Crippen LogP contribution in [-0.4, -0.2) is 53.5 Å². The Morgan fingerprint density at radius 3 is 2.86 bits per heavy atom. The van der Waals surface area contributed by atoms with Gasteiger partial charge in [-0.25, -0.2) is 22.8 Å². The molecule has 1 N–H and O–H groups in total. The Morgan fingerprint density at radius 2 is 2.17 bits per heavy atom. The third-order valence-corrected chi connectivity index (χ3v) is 7.34. The van der Waals surface area contributed by atoms with E-state index in [1.54, 1.807) is 24.4 Å². The molecule has 0 bridgehead atoms. The summed E-state index contributed by atoms with van der Waals surface area (Å²) in [6.45, 7) is 1.56. The minimum absolute atomic E-state index is 0.00878. The minimum Gasteiger partial charge on any atom is -0.301 e. The number of nitrogens with one attached hydrogen (secondary N) is 1. The molecule has 0 radical (unpaired) electrons. The average molecular weight is 436 g/mol. The second-order valence-corrected chi connectivity index (χ2v) is 10.0. The maximum Gasteiger partial charge on any atom is 0.261 e. The maximum absolute atomic E-state index is 13.4. The largest absolute Gasteiger partial charge is 0.301 e. The number of hydrogen-bond donors (Lipinski definition) is 1. The highest BCUT2D eigenvalue weighted by atomic mass is 32.2. The molecule has 0 spiro atoms. The number of benzene rings is 1. The Bertz CT molecular complexity index is 1130. The van der Waals surface area contributed by atoms with Crippen LogP contribution < -0.4 is 5.32 Å². The second-order valence-electron chi connectivity index (χ2n) is 6.95. The van der Waals surface area contributed by atoms with E-state index < -0.39 is 39.4 Å². The molecule has 2 aliphatic rings. The molecule has 8 nitrogen and oxygen atoms in total. The molecular weight excluding hydrogens is 419 g/mol. The van der Waals surface area contributed by atoms with Crippen LogP contribution in [0.4, 0.5) is 9.52 Å². The van der Waals surface area contributed by atoms with E-state index in [-0.39, 0.29) is 16.6 Å². The van der Waals surface area contributed by atoms with Crippen molar-refractivity contribution in [2.24, 2.45) is 11.0 Å². The summed E-state index contributed by atoms with van der Waals surface area (Å²) >= 11 is 1.16. The van der Waals surface area contributed by atoms with Crippen LogP contribution in [0.15, 0.2) is 34.7 Å². The Hall–Kier alpha value is -2.66. The standard InChI is InChI=1S/C18H17FN4O4S2/c1-10-15(17(25)23(22-10)13-5-6-29(26,27)9-13)16(24)21-18-20-14(8-28-18)11-3-2-4-12(19)7-11/h2-4,7-8,13,15H,5-6,9H2,1H3,(H,20,21,24)/t13-,15-/m0/s1. The number of nitrogens with zero attached hydrogens (tertiary/aromatic N) is 3. The number of thiazole rings is 1.